The molecule has 0 atom stereocenters. The standard InChI is InChI=1S/C16H15Br2FN2O/c1-2-3-14(16-13(19)8-11(18)9-15(16)22)21-20-12-6-4-10(17)5-7-12/h4-9,20,22H,2-3H2,1H3/b21-14-. The van der Waals surface area contributed by atoms with Gasteiger partial charge in [0.25, 0.3) is 0 Å². The van der Waals surface area contributed by atoms with Gasteiger partial charge in [-0.3, -0.25) is 5.43 Å². The summed E-state index contributed by atoms with van der Waals surface area (Å²) in [4.78, 5) is 0. The first-order valence-electron chi connectivity index (χ1n) is 6.77. The molecule has 0 heterocycles. The van der Waals surface area contributed by atoms with E-state index in [1.807, 2.05) is 31.2 Å². The van der Waals surface area contributed by atoms with E-state index in [1.54, 1.807) is 0 Å². The number of hydrazone groups is 1. The summed E-state index contributed by atoms with van der Waals surface area (Å²) in [5, 5.41) is 14.3. The van der Waals surface area contributed by atoms with E-state index in [0.717, 1.165) is 16.6 Å². The number of phenolic OH excluding ortho intramolecular Hbond substituents is 1. The van der Waals surface area contributed by atoms with Crippen molar-refractivity contribution >= 4 is 43.3 Å². The van der Waals surface area contributed by atoms with Crippen LogP contribution >= 0.6 is 31.9 Å². The smallest absolute Gasteiger partial charge is 0.137 e. The van der Waals surface area contributed by atoms with Gasteiger partial charge in [0.15, 0.2) is 0 Å². The molecule has 0 unspecified atom stereocenters. The number of phenols is 1. The number of benzene rings is 2. The summed E-state index contributed by atoms with van der Waals surface area (Å²) in [5.74, 6) is -0.631. The lowest BCUT2D eigenvalue weighted by atomic mass is 10.0. The molecule has 2 rings (SSSR count). The fourth-order valence-electron chi connectivity index (χ4n) is 1.98. The zero-order valence-electron chi connectivity index (χ0n) is 11.9. The Balaban J connectivity index is 2.33. The molecule has 0 aliphatic carbocycles. The number of nitrogens with zero attached hydrogens (tertiary/aromatic N) is 1. The predicted molar refractivity (Wildman–Crippen MR) is 95.0 cm³/mol. The molecule has 3 nitrogen and oxygen atoms in total. The first kappa shape index (κ1) is 17.0. The average molecular weight is 430 g/mol. The Hall–Kier alpha value is -1.40. The third kappa shape index (κ3) is 4.30. The van der Waals surface area contributed by atoms with Gasteiger partial charge < -0.3 is 5.11 Å². The molecule has 0 radical (unpaired) electrons. The van der Waals surface area contributed by atoms with Crippen molar-refractivity contribution in [2.75, 3.05) is 5.43 Å². The number of hydrogen-bond donors (Lipinski definition) is 2. The van der Waals surface area contributed by atoms with E-state index in [1.165, 1.54) is 12.1 Å². The van der Waals surface area contributed by atoms with E-state index in [-0.39, 0.29) is 11.3 Å². The van der Waals surface area contributed by atoms with Crippen LogP contribution in [0.5, 0.6) is 5.75 Å². The van der Waals surface area contributed by atoms with Gasteiger partial charge in [0, 0.05) is 8.95 Å². The molecule has 2 N–H and O–H groups in total. The minimum absolute atomic E-state index is 0.128. The van der Waals surface area contributed by atoms with Crippen LogP contribution in [-0.2, 0) is 0 Å². The molecule has 0 bridgehead atoms. The van der Waals surface area contributed by atoms with Crippen LogP contribution < -0.4 is 5.43 Å². The number of halogens is 3. The second-order valence-corrected chi connectivity index (χ2v) is 6.54. The molecule has 0 spiro atoms. The Morgan fingerprint density at radius 1 is 1.18 bits per heavy atom. The molecule has 2 aromatic rings. The molecular formula is C16H15Br2FN2O. The maximum Gasteiger partial charge on any atom is 0.137 e. The van der Waals surface area contributed by atoms with Gasteiger partial charge in [-0.25, -0.2) is 4.39 Å². The normalized spacial score (nSPS) is 11.5. The minimum Gasteiger partial charge on any atom is -0.507 e. The van der Waals surface area contributed by atoms with Gasteiger partial charge in [-0.05, 0) is 42.8 Å². The Kier molecular flexibility index (Phi) is 5.97. The van der Waals surface area contributed by atoms with Crippen molar-refractivity contribution in [3.05, 3.63) is 56.7 Å². The highest BCUT2D eigenvalue weighted by Crippen LogP contribution is 2.27. The highest BCUT2D eigenvalue weighted by Gasteiger charge is 2.15. The van der Waals surface area contributed by atoms with E-state index in [9.17, 15) is 9.50 Å². The molecule has 0 fully saturated rings. The Labute approximate surface area is 145 Å². The SMILES string of the molecule is CCC/C(=N/Nc1ccc(Br)cc1)c1c(O)cc(Br)cc1F. The summed E-state index contributed by atoms with van der Waals surface area (Å²) in [6, 6.07) is 10.3. The second-order valence-electron chi connectivity index (χ2n) is 4.71. The molecule has 0 aliphatic rings. The predicted octanol–water partition coefficient (Wildman–Crippen LogP) is 5.67. The monoisotopic (exact) mass is 428 g/mol. The summed E-state index contributed by atoms with van der Waals surface area (Å²) in [5.41, 5.74) is 4.30. The zero-order chi connectivity index (χ0) is 16.1. The number of hydrogen-bond acceptors (Lipinski definition) is 3. The fraction of sp³-hybridized carbons (Fsp3) is 0.188. The lowest BCUT2D eigenvalue weighted by molar-refractivity contribution is 0.466. The topological polar surface area (TPSA) is 44.6 Å². The highest BCUT2D eigenvalue weighted by molar-refractivity contribution is 9.10. The fourth-order valence-corrected chi connectivity index (χ4v) is 2.66. The first-order valence-corrected chi connectivity index (χ1v) is 8.36. The van der Waals surface area contributed by atoms with Crippen LogP contribution in [0.3, 0.4) is 0 Å². The summed E-state index contributed by atoms with van der Waals surface area (Å²) < 4.78 is 15.6. The molecule has 2 aromatic carbocycles. The van der Waals surface area contributed by atoms with Crippen molar-refractivity contribution in [1.82, 2.24) is 0 Å². The molecule has 0 saturated carbocycles. The summed E-state index contributed by atoms with van der Waals surface area (Å²) in [6.45, 7) is 1.98. The number of aromatic hydroxyl groups is 1. The first-order chi connectivity index (χ1) is 10.5. The molecule has 0 saturated heterocycles. The van der Waals surface area contributed by atoms with Gasteiger partial charge in [0.05, 0.1) is 17.0 Å². The zero-order valence-corrected chi connectivity index (χ0v) is 15.1. The van der Waals surface area contributed by atoms with Crippen molar-refractivity contribution in [2.24, 2.45) is 5.10 Å². The Morgan fingerprint density at radius 2 is 1.86 bits per heavy atom. The quantitative estimate of drug-likeness (QED) is 0.474. The van der Waals surface area contributed by atoms with Gasteiger partial charge >= 0.3 is 0 Å². The van der Waals surface area contributed by atoms with E-state index < -0.39 is 5.82 Å². The van der Waals surface area contributed by atoms with Crippen molar-refractivity contribution < 1.29 is 9.50 Å². The van der Waals surface area contributed by atoms with Crippen LogP contribution in [0.1, 0.15) is 25.3 Å². The Bertz CT molecular complexity index is 664. The van der Waals surface area contributed by atoms with Crippen LogP contribution in [0, 0.1) is 5.82 Å². The van der Waals surface area contributed by atoms with Crippen LogP contribution in [0.15, 0.2) is 50.4 Å². The second kappa shape index (κ2) is 7.74. The summed E-state index contributed by atoms with van der Waals surface area (Å²) >= 11 is 6.52. The van der Waals surface area contributed by atoms with Crippen LogP contribution in [-0.4, -0.2) is 10.8 Å². The largest absolute Gasteiger partial charge is 0.507 e. The van der Waals surface area contributed by atoms with Crippen molar-refractivity contribution in [3.8, 4) is 5.75 Å². The average Bonchev–Trinajstić information content (AvgIpc) is 2.45. The van der Waals surface area contributed by atoms with Gasteiger partial charge in [0.2, 0.25) is 0 Å². The maximum atomic E-state index is 14.2. The third-order valence-electron chi connectivity index (χ3n) is 2.97. The van der Waals surface area contributed by atoms with Gasteiger partial charge in [-0.1, -0.05) is 45.2 Å². The van der Waals surface area contributed by atoms with E-state index in [0.29, 0.717) is 16.6 Å². The summed E-state index contributed by atoms with van der Waals surface area (Å²) in [7, 11) is 0. The van der Waals surface area contributed by atoms with E-state index >= 15 is 0 Å². The summed E-state index contributed by atoms with van der Waals surface area (Å²) in [6.07, 6.45) is 1.34. The van der Waals surface area contributed by atoms with E-state index in [2.05, 4.69) is 42.4 Å². The molecule has 22 heavy (non-hydrogen) atoms. The lowest BCUT2D eigenvalue weighted by Crippen LogP contribution is -2.07. The van der Waals surface area contributed by atoms with E-state index in [4.69, 9.17) is 0 Å². The van der Waals surface area contributed by atoms with Crippen molar-refractivity contribution in [2.45, 2.75) is 19.8 Å². The van der Waals surface area contributed by atoms with Gasteiger partial charge in [-0.15, -0.1) is 0 Å². The molecule has 0 aromatic heterocycles. The number of rotatable bonds is 5. The van der Waals surface area contributed by atoms with Crippen LogP contribution in [0.2, 0.25) is 0 Å². The minimum atomic E-state index is -0.503. The van der Waals surface area contributed by atoms with Gasteiger partial charge in [0.1, 0.15) is 11.6 Å². The molecule has 6 heteroatoms. The van der Waals surface area contributed by atoms with Gasteiger partial charge in [-0.2, -0.15) is 5.10 Å². The molecule has 116 valence electrons. The van der Waals surface area contributed by atoms with Crippen LogP contribution in [0.4, 0.5) is 10.1 Å². The van der Waals surface area contributed by atoms with Crippen molar-refractivity contribution in [1.29, 1.82) is 0 Å². The molecular weight excluding hydrogens is 415 g/mol. The van der Waals surface area contributed by atoms with Crippen LogP contribution in [0.25, 0.3) is 0 Å². The number of anilines is 1. The number of nitrogens with one attached hydrogen (secondary N) is 1. The lowest BCUT2D eigenvalue weighted by Gasteiger charge is -2.10. The maximum absolute atomic E-state index is 14.2. The highest BCUT2D eigenvalue weighted by atomic mass is 79.9. The third-order valence-corrected chi connectivity index (χ3v) is 3.96. The Morgan fingerprint density at radius 3 is 2.45 bits per heavy atom. The molecule has 0 amide bonds. The molecule has 0 aliphatic heterocycles. The van der Waals surface area contributed by atoms with Crippen molar-refractivity contribution in [3.63, 3.8) is 0 Å².